The number of rotatable bonds is 7. The zero-order valence-electron chi connectivity index (χ0n) is 17.9. The summed E-state index contributed by atoms with van der Waals surface area (Å²) in [5, 5.41) is 2.47. The van der Waals surface area contributed by atoms with E-state index in [-0.39, 0.29) is 23.8 Å². The van der Waals surface area contributed by atoms with Crippen LogP contribution in [0.1, 0.15) is 30.5 Å². The third-order valence-corrected chi connectivity index (χ3v) is 5.10. The lowest BCUT2D eigenvalue weighted by molar-refractivity contribution is -0.137. The number of fused-ring (bicyclic) bond motifs is 1. The molecule has 2 aromatic carbocycles. The number of carbonyl (C=O) groups is 2. The van der Waals surface area contributed by atoms with Gasteiger partial charge in [0.2, 0.25) is 0 Å². The molecule has 0 aromatic heterocycles. The van der Waals surface area contributed by atoms with Gasteiger partial charge in [-0.3, -0.25) is 9.59 Å². The van der Waals surface area contributed by atoms with Crippen LogP contribution in [0, 0.1) is 0 Å². The van der Waals surface area contributed by atoms with Crippen LogP contribution in [0.15, 0.2) is 36.4 Å². The van der Waals surface area contributed by atoms with Crippen molar-refractivity contribution in [3.05, 3.63) is 53.1 Å². The monoisotopic (exact) mass is 448 g/mol. The number of alkyl halides is 3. The molecule has 6 nitrogen and oxygen atoms in total. The van der Waals surface area contributed by atoms with Crippen LogP contribution in [0.5, 0.6) is 11.5 Å². The minimum absolute atomic E-state index is 0.109. The Labute approximate surface area is 183 Å². The van der Waals surface area contributed by atoms with Crippen LogP contribution in [-0.4, -0.2) is 43.5 Å². The second-order valence-electron chi connectivity index (χ2n) is 7.04. The number of halogens is 3. The largest absolute Gasteiger partial charge is 0.493 e. The molecule has 2 aromatic rings. The van der Waals surface area contributed by atoms with E-state index in [0.29, 0.717) is 35.7 Å². The van der Waals surface area contributed by atoms with Gasteiger partial charge in [-0.1, -0.05) is 12.1 Å². The molecule has 0 saturated carbocycles. The minimum Gasteiger partial charge on any atom is -0.493 e. The summed E-state index contributed by atoms with van der Waals surface area (Å²) in [7, 11) is 1.45. The molecule has 0 unspecified atom stereocenters. The molecule has 0 spiro atoms. The van der Waals surface area contributed by atoms with Crippen molar-refractivity contribution in [3.63, 3.8) is 0 Å². The first-order chi connectivity index (χ1) is 15.2. The average molecular weight is 448 g/mol. The number of likely N-dealkylation sites (N-methyl/N-ethyl adjacent to an activating group) is 1. The molecule has 9 heteroatoms. The molecule has 1 heterocycles. The number of nitrogens with zero attached hydrogens (tertiary/aromatic N) is 1. The third kappa shape index (κ3) is 4.87. The molecule has 1 N–H and O–H groups in total. The second-order valence-corrected chi connectivity index (χ2v) is 7.04. The van der Waals surface area contributed by atoms with E-state index in [1.807, 2.05) is 13.8 Å². The van der Waals surface area contributed by atoms with Crippen LogP contribution in [0.3, 0.4) is 0 Å². The van der Waals surface area contributed by atoms with Crippen molar-refractivity contribution in [2.45, 2.75) is 20.0 Å². The van der Waals surface area contributed by atoms with E-state index >= 15 is 0 Å². The Balaban J connectivity index is 1.84. The first-order valence-electron chi connectivity index (χ1n) is 10.0. The van der Waals surface area contributed by atoms with Gasteiger partial charge >= 0.3 is 6.18 Å². The maximum absolute atomic E-state index is 12.9. The third-order valence-electron chi connectivity index (χ3n) is 5.10. The smallest absolute Gasteiger partial charge is 0.416 e. The Morgan fingerprint density at radius 2 is 1.81 bits per heavy atom. The summed E-state index contributed by atoms with van der Waals surface area (Å²) in [6.45, 7) is 4.78. The van der Waals surface area contributed by atoms with E-state index in [9.17, 15) is 22.8 Å². The lowest BCUT2D eigenvalue weighted by atomic mass is 10.0. The predicted octanol–water partition coefficient (Wildman–Crippen LogP) is 4.45. The highest BCUT2D eigenvalue weighted by Gasteiger charge is 2.33. The number of amides is 2. The van der Waals surface area contributed by atoms with Gasteiger partial charge in [0.1, 0.15) is 0 Å². The Bertz CT molecular complexity index is 1060. The van der Waals surface area contributed by atoms with Crippen molar-refractivity contribution in [2.75, 3.05) is 32.1 Å². The van der Waals surface area contributed by atoms with E-state index in [2.05, 4.69) is 5.32 Å². The standard InChI is InChI=1S/C23H23F3N2O4/c1-4-28(5-2)21(29)13-32-19-9-6-14(11-20(19)31-3)10-17-16-8-7-15(23(24,25)26)12-18(16)27-22(17)30/h6-12H,4-5,13H2,1-3H3,(H,27,30)/b17-10+. The minimum atomic E-state index is -4.50. The fraction of sp³-hybridized carbons (Fsp3) is 0.304. The maximum atomic E-state index is 12.9. The van der Waals surface area contributed by atoms with Crippen molar-refractivity contribution >= 4 is 29.2 Å². The highest BCUT2D eigenvalue weighted by atomic mass is 19.4. The molecule has 1 aliphatic rings. The molecule has 3 rings (SSSR count). The second kappa shape index (κ2) is 9.33. The number of anilines is 1. The van der Waals surface area contributed by atoms with Gasteiger partial charge in [-0.2, -0.15) is 13.2 Å². The Morgan fingerprint density at radius 3 is 2.44 bits per heavy atom. The fourth-order valence-corrected chi connectivity index (χ4v) is 3.38. The molecular formula is C23H23F3N2O4. The summed E-state index contributed by atoms with van der Waals surface area (Å²) < 4.78 is 49.8. The molecule has 170 valence electrons. The lowest BCUT2D eigenvalue weighted by Gasteiger charge is -2.19. The van der Waals surface area contributed by atoms with Crippen molar-refractivity contribution in [3.8, 4) is 11.5 Å². The van der Waals surface area contributed by atoms with Gasteiger partial charge in [0.05, 0.1) is 12.7 Å². The zero-order valence-corrected chi connectivity index (χ0v) is 17.9. The molecule has 0 atom stereocenters. The molecule has 32 heavy (non-hydrogen) atoms. The number of hydrogen-bond donors (Lipinski definition) is 1. The van der Waals surface area contributed by atoms with Crippen molar-refractivity contribution in [1.29, 1.82) is 0 Å². The molecule has 2 amide bonds. The Hall–Kier alpha value is -3.49. The first-order valence-corrected chi connectivity index (χ1v) is 10.0. The van der Waals surface area contributed by atoms with Crippen LogP contribution in [0.2, 0.25) is 0 Å². The quantitative estimate of drug-likeness (QED) is 0.636. The molecule has 0 saturated heterocycles. The molecule has 0 fully saturated rings. The highest BCUT2D eigenvalue weighted by molar-refractivity contribution is 6.34. The van der Waals surface area contributed by atoms with E-state index in [1.54, 1.807) is 29.2 Å². The van der Waals surface area contributed by atoms with Crippen LogP contribution >= 0.6 is 0 Å². The SMILES string of the molecule is CCN(CC)C(=O)COc1ccc(/C=C2/C(=O)Nc3cc(C(F)(F)F)ccc32)cc1OC. The summed E-state index contributed by atoms with van der Waals surface area (Å²) in [5.41, 5.74) is 0.480. The van der Waals surface area contributed by atoms with Crippen molar-refractivity contribution in [2.24, 2.45) is 0 Å². The zero-order chi connectivity index (χ0) is 23.5. The predicted molar refractivity (Wildman–Crippen MR) is 114 cm³/mol. The number of hydrogen-bond acceptors (Lipinski definition) is 4. The molecule has 0 radical (unpaired) electrons. The van der Waals surface area contributed by atoms with Crippen molar-refractivity contribution < 1.29 is 32.2 Å². The first kappa shape index (κ1) is 23.2. The fourth-order valence-electron chi connectivity index (χ4n) is 3.38. The normalized spacial score (nSPS) is 14.2. The molecular weight excluding hydrogens is 425 g/mol. The van der Waals surface area contributed by atoms with Crippen LogP contribution in [0.25, 0.3) is 11.6 Å². The van der Waals surface area contributed by atoms with Gasteiger partial charge in [0.25, 0.3) is 11.8 Å². The van der Waals surface area contributed by atoms with Crippen LogP contribution in [0.4, 0.5) is 18.9 Å². The summed E-state index contributed by atoms with van der Waals surface area (Å²) in [6, 6.07) is 8.04. The van der Waals surface area contributed by atoms with Crippen LogP contribution in [-0.2, 0) is 15.8 Å². The summed E-state index contributed by atoms with van der Waals surface area (Å²) >= 11 is 0. The van der Waals surface area contributed by atoms with E-state index in [0.717, 1.165) is 12.1 Å². The van der Waals surface area contributed by atoms with Crippen LogP contribution < -0.4 is 14.8 Å². The lowest BCUT2D eigenvalue weighted by Crippen LogP contribution is -2.34. The summed E-state index contributed by atoms with van der Waals surface area (Å²) in [5.74, 6) is 0.0724. The molecule has 1 aliphatic heterocycles. The van der Waals surface area contributed by atoms with Crippen molar-refractivity contribution in [1.82, 2.24) is 4.90 Å². The topological polar surface area (TPSA) is 67.9 Å². The average Bonchev–Trinajstić information content (AvgIpc) is 3.07. The number of ether oxygens (including phenoxy) is 2. The maximum Gasteiger partial charge on any atom is 0.416 e. The van der Waals surface area contributed by atoms with Gasteiger partial charge in [0, 0.05) is 29.9 Å². The van der Waals surface area contributed by atoms with Gasteiger partial charge in [-0.05, 0) is 49.8 Å². The number of benzene rings is 2. The van der Waals surface area contributed by atoms with Gasteiger partial charge < -0.3 is 19.7 Å². The summed E-state index contributed by atoms with van der Waals surface area (Å²) in [6.07, 6.45) is -2.94. The summed E-state index contributed by atoms with van der Waals surface area (Å²) in [4.78, 5) is 26.2. The number of nitrogens with one attached hydrogen (secondary N) is 1. The molecule has 0 aliphatic carbocycles. The van der Waals surface area contributed by atoms with E-state index in [1.165, 1.54) is 13.2 Å². The Kier molecular flexibility index (Phi) is 6.76. The van der Waals surface area contributed by atoms with Gasteiger partial charge in [-0.25, -0.2) is 0 Å². The Morgan fingerprint density at radius 1 is 1.09 bits per heavy atom. The molecule has 0 bridgehead atoms. The highest BCUT2D eigenvalue weighted by Crippen LogP contribution is 2.39. The van der Waals surface area contributed by atoms with Gasteiger partial charge in [0.15, 0.2) is 18.1 Å². The number of methoxy groups -OCH3 is 1. The van der Waals surface area contributed by atoms with E-state index < -0.39 is 17.6 Å². The number of carbonyl (C=O) groups excluding carboxylic acids is 2. The van der Waals surface area contributed by atoms with E-state index in [4.69, 9.17) is 9.47 Å². The van der Waals surface area contributed by atoms with Gasteiger partial charge in [-0.15, -0.1) is 0 Å².